The van der Waals surface area contributed by atoms with Crippen LogP contribution in [0.2, 0.25) is 0 Å². The van der Waals surface area contributed by atoms with Crippen LogP contribution in [0.3, 0.4) is 0 Å². The second-order valence-electron chi connectivity index (χ2n) is 5.74. The number of halogens is 3. The normalized spacial score (nSPS) is 24.5. The SMILES string of the molecule is NC1=NC(N)(c2ccc(OCC3CC3)cc2)NC=C1C(F)(F)F. The van der Waals surface area contributed by atoms with Gasteiger partial charge in [0, 0.05) is 11.8 Å². The number of nitrogens with two attached hydrogens (primary N) is 2. The summed E-state index contributed by atoms with van der Waals surface area (Å²) in [5.74, 6) is -0.865. The zero-order valence-electron chi connectivity index (χ0n) is 12.2. The number of nitrogens with zero attached hydrogens (tertiary/aromatic N) is 1. The molecule has 0 amide bonds. The van der Waals surface area contributed by atoms with Crippen LogP contribution in [0.25, 0.3) is 0 Å². The third-order valence-electron chi connectivity index (χ3n) is 3.79. The number of rotatable bonds is 4. The topological polar surface area (TPSA) is 85.7 Å². The Labute approximate surface area is 131 Å². The summed E-state index contributed by atoms with van der Waals surface area (Å²) < 4.78 is 43.8. The molecule has 0 spiro atoms. The van der Waals surface area contributed by atoms with Crippen LogP contribution in [0.5, 0.6) is 5.75 Å². The summed E-state index contributed by atoms with van der Waals surface area (Å²) in [6.45, 7) is 0.675. The van der Waals surface area contributed by atoms with Gasteiger partial charge >= 0.3 is 6.18 Å². The van der Waals surface area contributed by atoms with Crippen molar-refractivity contribution >= 4 is 5.84 Å². The van der Waals surface area contributed by atoms with E-state index in [1.54, 1.807) is 24.3 Å². The smallest absolute Gasteiger partial charge is 0.421 e. The van der Waals surface area contributed by atoms with E-state index >= 15 is 0 Å². The fourth-order valence-electron chi connectivity index (χ4n) is 2.22. The van der Waals surface area contributed by atoms with Crippen LogP contribution < -0.4 is 21.5 Å². The summed E-state index contributed by atoms with van der Waals surface area (Å²) in [6, 6.07) is 6.72. The molecule has 1 aromatic rings. The fourth-order valence-corrected chi connectivity index (χ4v) is 2.22. The van der Waals surface area contributed by atoms with Gasteiger partial charge < -0.3 is 15.8 Å². The lowest BCUT2D eigenvalue weighted by Gasteiger charge is -2.31. The second kappa shape index (κ2) is 5.45. The van der Waals surface area contributed by atoms with Crippen LogP contribution in [-0.2, 0) is 5.79 Å². The number of hydrogen-bond donors (Lipinski definition) is 3. The van der Waals surface area contributed by atoms with Gasteiger partial charge in [0.25, 0.3) is 0 Å². The third kappa shape index (κ3) is 3.42. The molecule has 0 bridgehead atoms. The van der Waals surface area contributed by atoms with Crippen molar-refractivity contribution < 1.29 is 17.9 Å². The number of hydrogen-bond acceptors (Lipinski definition) is 5. The lowest BCUT2D eigenvalue weighted by atomic mass is 10.1. The van der Waals surface area contributed by atoms with Gasteiger partial charge in [-0.1, -0.05) is 0 Å². The molecule has 1 atom stereocenters. The highest BCUT2D eigenvalue weighted by Crippen LogP contribution is 2.32. The number of ether oxygens (including phenoxy) is 1. The summed E-state index contributed by atoms with van der Waals surface area (Å²) in [5, 5.41) is 2.47. The molecule has 5 nitrogen and oxygen atoms in total. The minimum atomic E-state index is -4.58. The molecule has 5 N–H and O–H groups in total. The predicted molar refractivity (Wildman–Crippen MR) is 79.4 cm³/mol. The van der Waals surface area contributed by atoms with Gasteiger partial charge in [0.15, 0.2) is 0 Å². The van der Waals surface area contributed by atoms with E-state index in [1.165, 1.54) is 12.8 Å². The first-order chi connectivity index (χ1) is 10.8. The third-order valence-corrected chi connectivity index (χ3v) is 3.79. The van der Waals surface area contributed by atoms with Gasteiger partial charge in [-0.05, 0) is 43.0 Å². The van der Waals surface area contributed by atoms with Gasteiger partial charge in [-0.3, -0.25) is 5.73 Å². The molecule has 1 saturated carbocycles. The van der Waals surface area contributed by atoms with Crippen LogP contribution in [0.1, 0.15) is 18.4 Å². The summed E-state index contributed by atoms with van der Waals surface area (Å²) in [6.07, 6.45) is -1.45. The van der Waals surface area contributed by atoms with E-state index < -0.39 is 23.4 Å². The van der Waals surface area contributed by atoms with E-state index in [1.807, 2.05) is 0 Å². The highest BCUT2D eigenvalue weighted by atomic mass is 19.4. The van der Waals surface area contributed by atoms with Gasteiger partial charge in [-0.15, -0.1) is 0 Å². The molecular formula is C15H17F3N4O. The van der Waals surface area contributed by atoms with E-state index in [-0.39, 0.29) is 0 Å². The van der Waals surface area contributed by atoms with Crippen molar-refractivity contribution in [2.75, 3.05) is 6.61 Å². The fraction of sp³-hybridized carbons (Fsp3) is 0.400. The lowest BCUT2D eigenvalue weighted by molar-refractivity contribution is -0.0870. The minimum Gasteiger partial charge on any atom is -0.493 e. The highest BCUT2D eigenvalue weighted by Gasteiger charge is 2.41. The van der Waals surface area contributed by atoms with Crippen molar-refractivity contribution in [1.29, 1.82) is 0 Å². The molecule has 23 heavy (non-hydrogen) atoms. The maximum absolute atomic E-state index is 12.7. The van der Waals surface area contributed by atoms with Crippen molar-refractivity contribution in [3.63, 3.8) is 0 Å². The Hall–Kier alpha value is -2.22. The molecule has 2 aliphatic rings. The van der Waals surface area contributed by atoms with E-state index in [4.69, 9.17) is 16.2 Å². The van der Waals surface area contributed by atoms with Crippen LogP contribution in [0.15, 0.2) is 41.0 Å². The summed E-state index contributed by atoms with van der Waals surface area (Å²) in [5.41, 5.74) is 10.9. The first-order valence-electron chi connectivity index (χ1n) is 7.21. The number of nitrogens with one attached hydrogen (secondary N) is 1. The molecule has 0 saturated heterocycles. The Balaban J connectivity index is 1.74. The highest BCUT2D eigenvalue weighted by molar-refractivity contribution is 5.99. The van der Waals surface area contributed by atoms with Gasteiger partial charge in [0.05, 0.1) is 6.61 Å². The molecule has 124 valence electrons. The van der Waals surface area contributed by atoms with E-state index in [0.29, 0.717) is 23.8 Å². The maximum Gasteiger partial charge on any atom is 0.421 e. The number of alkyl halides is 3. The van der Waals surface area contributed by atoms with Crippen LogP contribution in [0, 0.1) is 5.92 Å². The molecule has 1 heterocycles. The molecule has 1 fully saturated rings. The van der Waals surface area contributed by atoms with E-state index in [9.17, 15) is 13.2 Å². The molecule has 0 radical (unpaired) electrons. The Morgan fingerprint density at radius 2 is 1.91 bits per heavy atom. The van der Waals surface area contributed by atoms with Gasteiger partial charge in [0.2, 0.25) is 5.79 Å². The van der Waals surface area contributed by atoms with E-state index in [2.05, 4.69) is 10.3 Å². The van der Waals surface area contributed by atoms with Crippen molar-refractivity contribution in [1.82, 2.24) is 5.32 Å². The Morgan fingerprint density at radius 3 is 2.43 bits per heavy atom. The molecule has 0 aromatic heterocycles. The quantitative estimate of drug-likeness (QED) is 0.789. The Kier molecular flexibility index (Phi) is 3.71. The lowest BCUT2D eigenvalue weighted by Crippen LogP contribution is -2.51. The number of amidine groups is 1. The zero-order valence-corrected chi connectivity index (χ0v) is 12.2. The summed E-state index contributed by atoms with van der Waals surface area (Å²) in [7, 11) is 0. The summed E-state index contributed by atoms with van der Waals surface area (Å²) >= 11 is 0. The monoisotopic (exact) mass is 326 g/mol. The predicted octanol–water partition coefficient (Wildman–Crippen LogP) is 1.95. The second-order valence-corrected chi connectivity index (χ2v) is 5.74. The molecule has 8 heteroatoms. The molecule has 1 aliphatic heterocycles. The van der Waals surface area contributed by atoms with Crippen molar-refractivity contribution in [3.05, 3.63) is 41.6 Å². The van der Waals surface area contributed by atoms with Crippen molar-refractivity contribution in [2.45, 2.75) is 24.8 Å². The van der Waals surface area contributed by atoms with E-state index in [0.717, 1.165) is 6.20 Å². The van der Waals surface area contributed by atoms with Gasteiger partial charge in [0.1, 0.15) is 17.2 Å². The van der Waals surface area contributed by atoms with Crippen LogP contribution >= 0.6 is 0 Å². The van der Waals surface area contributed by atoms with Crippen LogP contribution in [-0.4, -0.2) is 18.6 Å². The average Bonchev–Trinajstić information content (AvgIpc) is 3.28. The molecule has 1 aromatic carbocycles. The number of aliphatic imine (C=N–C) groups is 1. The standard InChI is InChI=1S/C15H17F3N4O/c16-14(17,18)12-7-21-15(20,22-13(12)19)10-3-5-11(6-4-10)23-8-9-1-2-9/h3-7,9,21H,1-2,8,20H2,(H2,19,22). The average molecular weight is 326 g/mol. The van der Waals surface area contributed by atoms with Crippen LogP contribution in [0.4, 0.5) is 13.2 Å². The van der Waals surface area contributed by atoms with Crippen molar-refractivity contribution in [3.8, 4) is 5.75 Å². The maximum atomic E-state index is 12.7. The zero-order chi connectivity index (χ0) is 16.7. The van der Waals surface area contributed by atoms with Gasteiger partial charge in [-0.25, -0.2) is 4.99 Å². The molecule has 1 unspecified atom stereocenters. The summed E-state index contributed by atoms with van der Waals surface area (Å²) in [4.78, 5) is 3.78. The molecule has 1 aliphatic carbocycles. The van der Waals surface area contributed by atoms with Gasteiger partial charge in [-0.2, -0.15) is 13.2 Å². The minimum absolute atomic E-state index is 0.483. The largest absolute Gasteiger partial charge is 0.493 e. The Bertz CT molecular complexity index is 650. The first kappa shape index (κ1) is 15.7. The number of benzene rings is 1. The van der Waals surface area contributed by atoms with Crippen molar-refractivity contribution in [2.24, 2.45) is 22.4 Å². The first-order valence-corrected chi connectivity index (χ1v) is 7.21. The molecular weight excluding hydrogens is 309 g/mol. The Morgan fingerprint density at radius 1 is 1.26 bits per heavy atom. The molecule has 3 rings (SSSR count).